The third-order valence-electron chi connectivity index (χ3n) is 3.14. The normalized spacial score (nSPS) is 18.4. The van der Waals surface area contributed by atoms with Gasteiger partial charge in [0.1, 0.15) is 12.1 Å². The first-order chi connectivity index (χ1) is 9.72. The Morgan fingerprint density at radius 2 is 1.95 bits per heavy atom. The molecule has 1 aliphatic rings. The Morgan fingerprint density at radius 1 is 1.20 bits per heavy atom. The van der Waals surface area contributed by atoms with Crippen LogP contribution in [0.15, 0.2) is 64.7 Å². The van der Waals surface area contributed by atoms with Crippen LogP contribution in [0.1, 0.15) is 12.0 Å². The van der Waals surface area contributed by atoms with E-state index in [9.17, 15) is 9.18 Å². The van der Waals surface area contributed by atoms with Gasteiger partial charge in [0.15, 0.2) is 0 Å². The quantitative estimate of drug-likeness (QED) is 0.770. The summed E-state index contributed by atoms with van der Waals surface area (Å²) in [5, 5.41) is 0. The van der Waals surface area contributed by atoms with Gasteiger partial charge in [-0.05, 0) is 42.2 Å². The average Bonchev–Trinajstić information content (AvgIpc) is 2.49. The van der Waals surface area contributed by atoms with E-state index < -0.39 is 0 Å². The summed E-state index contributed by atoms with van der Waals surface area (Å²) in [6.45, 7) is 0. The van der Waals surface area contributed by atoms with E-state index in [0.29, 0.717) is 5.57 Å². The molecule has 0 saturated carbocycles. The molecule has 20 heavy (non-hydrogen) atoms. The van der Waals surface area contributed by atoms with Crippen molar-refractivity contribution in [2.24, 2.45) is 4.99 Å². The summed E-state index contributed by atoms with van der Waals surface area (Å²) in [5.74, 6) is -0.214. The fourth-order valence-corrected chi connectivity index (χ4v) is 2.05. The number of benzene rings is 1. The van der Waals surface area contributed by atoms with Crippen LogP contribution in [0.2, 0.25) is 0 Å². The Hall–Kier alpha value is -2.29. The Kier molecular flexibility index (Phi) is 4.77. The fourth-order valence-electron chi connectivity index (χ4n) is 2.05. The van der Waals surface area contributed by atoms with E-state index in [-0.39, 0.29) is 5.82 Å². The van der Waals surface area contributed by atoms with Gasteiger partial charge in [0.25, 0.3) is 0 Å². The molecule has 0 unspecified atom stereocenters. The van der Waals surface area contributed by atoms with Gasteiger partial charge in [0, 0.05) is 12.6 Å². The van der Waals surface area contributed by atoms with Gasteiger partial charge < -0.3 is 0 Å². The third-order valence-corrected chi connectivity index (χ3v) is 3.14. The lowest BCUT2D eigenvalue weighted by Crippen LogP contribution is -2.04. The maximum absolute atomic E-state index is 12.8. The second kappa shape index (κ2) is 6.75. The van der Waals surface area contributed by atoms with Gasteiger partial charge in [-0.2, -0.15) is 0 Å². The first kappa shape index (κ1) is 14.1. The van der Waals surface area contributed by atoms with E-state index in [4.69, 9.17) is 0 Å². The predicted molar refractivity (Wildman–Crippen MR) is 79.5 cm³/mol. The molecule has 1 aliphatic carbocycles. The second-order valence-corrected chi connectivity index (χ2v) is 4.53. The molecule has 0 radical (unpaired) electrons. The number of halogens is 1. The lowest BCUT2D eigenvalue weighted by molar-refractivity contribution is -0.104. The Balaban J connectivity index is 2.01. The lowest BCUT2D eigenvalue weighted by atomic mass is 9.98. The SMILES string of the molecule is C/N=C1/C=C(C=O)C=C/C1=C/CCc1ccc(F)cc1. The maximum Gasteiger partial charge on any atom is 0.150 e. The van der Waals surface area contributed by atoms with Gasteiger partial charge in [-0.3, -0.25) is 9.79 Å². The zero-order chi connectivity index (χ0) is 14.4. The smallest absolute Gasteiger partial charge is 0.150 e. The number of allylic oxidation sites excluding steroid dienone is 6. The monoisotopic (exact) mass is 269 g/mol. The molecule has 0 bridgehead atoms. The highest BCUT2D eigenvalue weighted by atomic mass is 19.1. The highest BCUT2D eigenvalue weighted by molar-refractivity contribution is 6.14. The molecule has 2 nitrogen and oxygen atoms in total. The van der Waals surface area contributed by atoms with Crippen molar-refractivity contribution in [3.05, 3.63) is 71.1 Å². The van der Waals surface area contributed by atoms with Crippen molar-refractivity contribution in [2.45, 2.75) is 12.8 Å². The van der Waals surface area contributed by atoms with Crippen molar-refractivity contribution in [1.82, 2.24) is 0 Å². The van der Waals surface area contributed by atoms with E-state index in [1.54, 1.807) is 31.3 Å². The molecule has 0 spiro atoms. The van der Waals surface area contributed by atoms with Gasteiger partial charge in [0.2, 0.25) is 0 Å². The number of hydrogen-bond acceptors (Lipinski definition) is 2. The summed E-state index contributed by atoms with van der Waals surface area (Å²) >= 11 is 0. The number of aldehydes is 1. The van der Waals surface area contributed by atoms with Crippen molar-refractivity contribution >= 4 is 12.0 Å². The Labute approximate surface area is 118 Å². The minimum Gasteiger partial charge on any atom is -0.298 e. The van der Waals surface area contributed by atoms with Gasteiger partial charge in [-0.1, -0.05) is 30.4 Å². The summed E-state index contributed by atoms with van der Waals surface area (Å²) in [7, 11) is 1.71. The average molecular weight is 269 g/mol. The van der Waals surface area contributed by atoms with E-state index in [2.05, 4.69) is 11.1 Å². The summed E-state index contributed by atoms with van der Waals surface area (Å²) in [4.78, 5) is 14.9. The highest BCUT2D eigenvalue weighted by Gasteiger charge is 2.07. The number of carbonyl (C=O) groups is 1. The van der Waals surface area contributed by atoms with E-state index in [1.165, 1.54) is 12.1 Å². The molecule has 0 amide bonds. The van der Waals surface area contributed by atoms with Crippen molar-refractivity contribution in [3.63, 3.8) is 0 Å². The van der Waals surface area contributed by atoms with Crippen LogP contribution in [0.4, 0.5) is 4.39 Å². The number of carbonyl (C=O) groups excluding carboxylic acids is 1. The van der Waals surface area contributed by atoms with Gasteiger partial charge >= 0.3 is 0 Å². The predicted octanol–water partition coefficient (Wildman–Crippen LogP) is 3.45. The van der Waals surface area contributed by atoms with Crippen molar-refractivity contribution < 1.29 is 9.18 Å². The molecule has 0 saturated heterocycles. The zero-order valence-electron chi connectivity index (χ0n) is 11.3. The minimum absolute atomic E-state index is 0.214. The molecule has 102 valence electrons. The molecule has 2 rings (SSSR count). The van der Waals surface area contributed by atoms with Crippen LogP contribution in [-0.4, -0.2) is 19.0 Å². The molecule has 0 aliphatic heterocycles. The van der Waals surface area contributed by atoms with Crippen LogP contribution in [0.5, 0.6) is 0 Å². The van der Waals surface area contributed by atoms with Crippen molar-refractivity contribution in [3.8, 4) is 0 Å². The highest BCUT2D eigenvalue weighted by Crippen LogP contribution is 2.14. The topological polar surface area (TPSA) is 29.4 Å². The van der Waals surface area contributed by atoms with E-state index in [0.717, 1.165) is 36.0 Å². The number of aryl methyl sites for hydroxylation is 1. The molecular weight excluding hydrogens is 253 g/mol. The van der Waals surface area contributed by atoms with Crippen LogP contribution in [-0.2, 0) is 11.2 Å². The summed E-state index contributed by atoms with van der Waals surface area (Å²) in [6.07, 6.45) is 10.0. The molecule has 0 aromatic heterocycles. The van der Waals surface area contributed by atoms with Gasteiger partial charge in [-0.25, -0.2) is 4.39 Å². The van der Waals surface area contributed by atoms with E-state index >= 15 is 0 Å². The van der Waals surface area contributed by atoms with Crippen LogP contribution < -0.4 is 0 Å². The fraction of sp³-hybridized carbons (Fsp3) is 0.176. The standard InChI is InChI=1S/C17H16FNO/c1-19-17-11-14(12-20)5-8-15(17)4-2-3-13-6-9-16(18)10-7-13/h4-12H,2-3H2,1H3/b15-4-,19-17-. The van der Waals surface area contributed by atoms with Crippen LogP contribution in [0, 0.1) is 5.82 Å². The van der Waals surface area contributed by atoms with Crippen molar-refractivity contribution in [1.29, 1.82) is 0 Å². The summed E-state index contributed by atoms with van der Waals surface area (Å²) in [6, 6.07) is 6.54. The van der Waals surface area contributed by atoms with E-state index in [1.807, 2.05) is 6.08 Å². The Morgan fingerprint density at radius 3 is 2.60 bits per heavy atom. The van der Waals surface area contributed by atoms with Crippen LogP contribution in [0.3, 0.4) is 0 Å². The minimum atomic E-state index is -0.214. The van der Waals surface area contributed by atoms with Crippen LogP contribution >= 0.6 is 0 Å². The lowest BCUT2D eigenvalue weighted by Gasteiger charge is -2.08. The third kappa shape index (κ3) is 3.60. The maximum atomic E-state index is 12.8. The number of hydrogen-bond donors (Lipinski definition) is 0. The molecule has 1 aromatic rings. The molecule has 0 heterocycles. The first-order valence-corrected chi connectivity index (χ1v) is 6.49. The Bertz CT molecular complexity index is 606. The second-order valence-electron chi connectivity index (χ2n) is 4.53. The van der Waals surface area contributed by atoms with Gasteiger partial charge in [0.05, 0.1) is 5.71 Å². The van der Waals surface area contributed by atoms with Gasteiger partial charge in [-0.15, -0.1) is 0 Å². The number of aliphatic imine (C=N–C) groups is 1. The molecule has 1 aromatic carbocycles. The molecule has 0 fully saturated rings. The van der Waals surface area contributed by atoms with Crippen molar-refractivity contribution in [2.75, 3.05) is 7.05 Å². The summed E-state index contributed by atoms with van der Waals surface area (Å²) in [5.41, 5.74) is 3.55. The number of rotatable bonds is 4. The first-order valence-electron chi connectivity index (χ1n) is 6.49. The zero-order valence-corrected chi connectivity index (χ0v) is 11.3. The van der Waals surface area contributed by atoms with Crippen LogP contribution in [0.25, 0.3) is 0 Å². The molecule has 0 N–H and O–H groups in total. The molecule has 0 atom stereocenters. The number of nitrogens with zero attached hydrogens (tertiary/aromatic N) is 1. The summed E-state index contributed by atoms with van der Waals surface area (Å²) < 4.78 is 12.8. The molecule has 3 heteroatoms. The largest absolute Gasteiger partial charge is 0.298 e. The molecular formula is C17H16FNO.